The Balaban J connectivity index is 1.89. The van der Waals surface area contributed by atoms with Gasteiger partial charge in [0.25, 0.3) is 5.03 Å². The number of aromatic nitrogens is 1. The van der Waals surface area contributed by atoms with Gasteiger partial charge in [-0.1, -0.05) is 30.3 Å². The molecule has 0 aliphatic heterocycles. The average Bonchev–Trinajstić information content (AvgIpc) is 2.95. The smallest absolute Gasteiger partial charge is 0.256 e. The first-order chi connectivity index (χ1) is 10.7. The Labute approximate surface area is 138 Å². The number of carbonyl (C=O) groups excluding carboxylic acids is 2. The molecule has 1 saturated carbocycles. The van der Waals surface area contributed by atoms with Crippen LogP contribution in [0.1, 0.15) is 26.2 Å². The van der Waals surface area contributed by atoms with E-state index in [1.165, 1.54) is 22.2 Å². The third-order valence-electron chi connectivity index (χ3n) is 3.72. The van der Waals surface area contributed by atoms with Crippen molar-refractivity contribution in [2.45, 2.75) is 43.0 Å². The molecule has 0 radical (unpaired) electrons. The number of hydrogen-bond acceptors (Lipinski definition) is 4. The van der Waals surface area contributed by atoms with Gasteiger partial charge in [-0.3, -0.25) is 9.59 Å². The molecule has 0 spiro atoms. The maximum atomic E-state index is 12.0. The van der Waals surface area contributed by atoms with Crippen LogP contribution in [0, 0.1) is 0 Å². The predicted molar refractivity (Wildman–Crippen MR) is 89.1 cm³/mol. The largest absolute Gasteiger partial charge is 0.298 e. The van der Waals surface area contributed by atoms with E-state index in [0.717, 1.165) is 11.6 Å². The maximum Gasteiger partial charge on any atom is 0.256 e. The van der Waals surface area contributed by atoms with Gasteiger partial charge < -0.3 is 0 Å². The Morgan fingerprint density at radius 3 is 2.50 bits per heavy atom. The van der Waals surface area contributed by atoms with Crippen molar-refractivity contribution in [3.63, 3.8) is 0 Å². The third-order valence-corrected chi connectivity index (χ3v) is 6.41. The van der Waals surface area contributed by atoms with Crippen molar-refractivity contribution in [1.82, 2.24) is 0 Å². The molecule has 1 aromatic carbocycles. The quantitative estimate of drug-likeness (QED) is 0.635. The normalized spacial score (nSPS) is 16.2. The van der Waals surface area contributed by atoms with E-state index in [0.29, 0.717) is 19.3 Å². The number of benzene rings is 1. The Kier molecular flexibility index (Phi) is 4.74. The standard InChI is InChI=1S/C17H18NO2S2/c1-2-18-16(21-17-13(19)9-6-10-14(17)20)11-15(22-18)12-7-4-3-5-8-12/h3-5,7-8,11,17H,2,6,9-10H2,1H3/q+1. The summed E-state index contributed by atoms with van der Waals surface area (Å²) in [6, 6.07) is 12.3. The van der Waals surface area contributed by atoms with Gasteiger partial charge >= 0.3 is 0 Å². The van der Waals surface area contributed by atoms with Gasteiger partial charge in [-0.2, -0.15) is 0 Å². The Morgan fingerprint density at radius 2 is 1.86 bits per heavy atom. The number of thioether (sulfide) groups is 1. The molecule has 0 N–H and O–H groups in total. The monoisotopic (exact) mass is 332 g/mol. The highest BCUT2D eigenvalue weighted by molar-refractivity contribution is 8.01. The van der Waals surface area contributed by atoms with Crippen LogP contribution < -0.4 is 3.96 Å². The van der Waals surface area contributed by atoms with Gasteiger partial charge in [0, 0.05) is 18.9 Å². The summed E-state index contributed by atoms with van der Waals surface area (Å²) < 4.78 is 2.15. The van der Waals surface area contributed by atoms with E-state index in [1.54, 1.807) is 11.5 Å². The lowest BCUT2D eigenvalue weighted by Crippen LogP contribution is -2.35. The minimum Gasteiger partial charge on any atom is -0.298 e. The topological polar surface area (TPSA) is 38.0 Å². The molecule has 5 heteroatoms. The van der Waals surface area contributed by atoms with E-state index >= 15 is 0 Å². The van der Waals surface area contributed by atoms with E-state index in [2.05, 4.69) is 29.1 Å². The second-order valence-corrected chi connectivity index (χ2v) is 7.47. The SMILES string of the molecule is CC[n+]1sc(-c2ccccc2)cc1SC1C(=O)CCCC1=O. The molecule has 0 unspecified atom stereocenters. The van der Waals surface area contributed by atoms with E-state index in [4.69, 9.17) is 0 Å². The van der Waals surface area contributed by atoms with Crippen LogP contribution in [-0.4, -0.2) is 16.8 Å². The van der Waals surface area contributed by atoms with Crippen molar-refractivity contribution >= 4 is 34.9 Å². The molecule has 1 aliphatic carbocycles. The fourth-order valence-electron chi connectivity index (χ4n) is 2.56. The molecule has 1 aromatic heterocycles. The van der Waals surface area contributed by atoms with E-state index in [-0.39, 0.29) is 11.6 Å². The molecule has 0 saturated heterocycles. The molecule has 2 aromatic rings. The van der Waals surface area contributed by atoms with Crippen LogP contribution in [0.3, 0.4) is 0 Å². The van der Waals surface area contributed by atoms with E-state index < -0.39 is 5.25 Å². The summed E-state index contributed by atoms with van der Waals surface area (Å²) in [6.07, 6.45) is 1.78. The molecule has 0 atom stereocenters. The molecular weight excluding hydrogens is 314 g/mol. The first-order valence-corrected chi connectivity index (χ1v) is 9.16. The highest BCUT2D eigenvalue weighted by atomic mass is 32.2. The van der Waals surface area contributed by atoms with Crippen LogP contribution in [0.15, 0.2) is 41.4 Å². The van der Waals surface area contributed by atoms with Crippen LogP contribution in [0.4, 0.5) is 0 Å². The maximum absolute atomic E-state index is 12.0. The first-order valence-electron chi connectivity index (χ1n) is 7.50. The zero-order chi connectivity index (χ0) is 15.5. The number of Topliss-reactive ketones (excluding diaryl/α,β-unsaturated/α-hetero) is 2. The lowest BCUT2D eigenvalue weighted by Gasteiger charge is -2.16. The van der Waals surface area contributed by atoms with Crippen LogP contribution in [0.5, 0.6) is 0 Å². The van der Waals surface area contributed by atoms with Crippen LogP contribution in [0.2, 0.25) is 0 Å². The van der Waals surface area contributed by atoms with Gasteiger partial charge in [0.15, 0.2) is 18.1 Å². The molecule has 1 fully saturated rings. The second kappa shape index (κ2) is 6.75. The zero-order valence-corrected chi connectivity index (χ0v) is 14.1. The van der Waals surface area contributed by atoms with Gasteiger partial charge in [-0.05, 0) is 30.7 Å². The third kappa shape index (κ3) is 3.15. The van der Waals surface area contributed by atoms with Gasteiger partial charge in [-0.15, -0.1) is 3.96 Å². The van der Waals surface area contributed by atoms with E-state index in [9.17, 15) is 9.59 Å². The first kappa shape index (κ1) is 15.4. The van der Waals surface area contributed by atoms with Crippen molar-refractivity contribution in [2.75, 3.05) is 0 Å². The van der Waals surface area contributed by atoms with E-state index in [1.807, 2.05) is 18.2 Å². The highest BCUT2D eigenvalue weighted by Gasteiger charge is 2.34. The molecule has 1 heterocycles. The minimum atomic E-state index is -0.509. The summed E-state index contributed by atoms with van der Waals surface area (Å²) in [6.45, 7) is 2.93. The van der Waals surface area contributed by atoms with Crippen molar-refractivity contribution in [1.29, 1.82) is 0 Å². The van der Waals surface area contributed by atoms with Crippen LogP contribution in [-0.2, 0) is 16.1 Å². The lowest BCUT2D eigenvalue weighted by molar-refractivity contribution is -0.662. The molecule has 3 nitrogen and oxygen atoms in total. The lowest BCUT2D eigenvalue weighted by atomic mass is 9.98. The second-order valence-electron chi connectivity index (χ2n) is 5.28. The minimum absolute atomic E-state index is 0.0800. The molecule has 3 rings (SSSR count). The van der Waals surface area contributed by atoms with Gasteiger partial charge in [0.05, 0.1) is 0 Å². The molecular formula is C17H18NO2S2+. The fourth-order valence-corrected chi connectivity index (χ4v) is 4.96. The summed E-state index contributed by atoms with van der Waals surface area (Å²) in [5.41, 5.74) is 1.17. The van der Waals surface area contributed by atoms with Gasteiger partial charge in [0.1, 0.15) is 21.7 Å². The number of nitrogens with zero attached hydrogens (tertiary/aromatic N) is 1. The highest BCUT2D eigenvalue weighted by Crippen LogP contribution is 2.33. The van der Waals surface area contributed by atoms with Crippen molar-refractivity contribution < 1.29 is 13.5 Å². The van der Waals surface area contributed by atoms with Gasteiger partial charge in [-0.25, -0.2) is 0 Å². The molecule has 0 bridgehead atoms. The fraction of sp³-hybridized carbons (Fsp3) is 0.353. The Morgan fingerprint density at radius 1 is 1.18 bits per heavy atom. The number of carbonyl (C=O) groups is 2. The van der Waals surface area contributed by atoms with Crippen molar-refractivity contribution in [3.05, 3.63) is 36.4 Å². The summed E-state index contributed by atoms with van der Waals surface area (Å²) in [5, 5.41) is 0.504. The van der Waals surface area contributed by atoms with Crippen LogP contribution in [0.25, 0.3) is 10.4 Å². The molecule has 0 amide bonds. The number of aryl methyl sites for hydroxylation is 1. The molecule has 22 heavy (non-hydrogen) atoms. The summed E-state index contributed by atoms with van der Waals surface area (Å²) in [7, 11) is 0. The van der Waals surface area contributed by atoms with Crippen molar-refractivity contribution in [2.24, 2.45) is 0 Å². The molecule has 1 aliphatic rings. The van der Waals surface area contributed by atoms with Crippen molar-refractivity contribution in [3.8, 4) is 10.4 Å². The number of hydrogen-bond donors (Lipinski definition) is 0. The number of rotatable bonds is 4. The zero-order valence-electron chi connectivity index (χ0n) is 12.5. The summed E-state index contributed by atoms with van der Waals surface area (Å²) in [5.74, 6) is 0.160. The van der Waals surface area contributed by atoms with Gasteiger partial charge in [0.2, 0.25) is 0 Å². The summed E-state index contributed by atoms with van der Waals surface area (Å²) in [4.78, 5) is 25.2. The predicted octanol–water partition coefficient (Wildman–Crippen LogP) is 3.51. The Hall–Kier alpha value is -1.46. The average molecular weight is 332 g/mol. The number of ketones is 2. The Bertz CT molecular complexity index is 678. The van der Waals surface area contributed by atoms with Crippen LogP contribution >= 0.6 is 23.3 Å². The summed E-state index contributed by atoms with van der Waals surface area (Å²) >= 11 is 3.10. The molecule has 114 valence electrons.